The maximum atomic E-state index is 5.59. The molecule has 0 amide bonds. The van der Waals surface area contributed by atoms with Crippen LogP contribution >= 0.6 is 35.7 Å². The van der Waals surface area contributed by atoms with E-state index in [1.807, 2.05) is 7.05 Å². The largest absolute Gasteiger partial charge is 0.379 e. The first-order valence-corrected chi connectivity index (χ1v) is 11.4. The van der Waals surface area contributed by atoms with Crippen LogP contribution in [0.15, 0.2) is 35.3 Å². The highest BCUT2D eigenvalue weighted by atomic mass is 127. The summed E-state index contributed by atoms with van der Waals surface area (Å²) in [5.74, 6) is 4.15. The van der Waals surface area contributed by atoms with E-state index in [1.54, 1.807) is 0 Å². The molecule has 1 aromatic rings. The molecule has 3 saturated heterocycles. The third-order valence-corrected chi connectivity index (χ3v) is 7.54. The Morgan fingerprint density at radius 2 is 2.04 bits per heavy atom. The zero-order valence-electron chi connectivity index (χ0n) is 16.8. The highest BCUT2D eigenvalue weighted by molar-refractivity contribution is 14.0. The van der Waals surface area contributed by atoms with Crippen LogP contribution in [0.2, 0.25) is 0 Å². The van der Waals surface area contributed by atoms with Crippen LogP contribution in [0.3, 0.4) is 0 Å². The third-order valence-electron chi connectivity index (χ3n) is 6.31. The van der Waals surface area contributed by atoms with E-state index in [4.69, 9.17) is 4.74 Å². The molecule has 1 N–H and O–H groups in total. The number of guanidine groups is 1. The smallest absolute Gasteiger partial charge is 0.193 e. The van der Waals surface area contributed by atoms with Crippen molar-refractivity contribution in [2.45, 2.75) is 24.3 Å². The molecule has 7 heteroatoms. The number of thioether (sulfide) groups is 1. The fourth-order valence-corrected chi connectivity index (χ4v) is 6.14. The van der Waals surface area contributed by atoms with Gasteiger partial charge in [0.1, 0.15) is 0 Å². The van der Waals surface area contributed by atoms with Gasteiger partial charge in [0.15, 0.2) is 5.96 Å². The topological polar surface area (TPSA) is 40.1 Å². The molecule has 0 bridgehead atoms. The summed E-state index contributed by atoms with van der Waals surface area (Å²) in [5.41, 5.74) is 1.70. The molecule has 5 nitrogen and oxygen atoms in total. The molecule has 0 spiro atoms. The van der Waals surface area contributed by atoms with Gasteiger partial charge >= 0.3 is 0 Å². The quantitative estimate of drug-likeness (QED) is 0.379. The number of nitrogens with zero attached hydrogens (tertiary/aromatic N) is 3. The SMILES string of the molecule is CN=C(NCC1(N2CCOCC2)CCSC1)N1CCC(c2ccccc2)C1.I. The Bertz CT molecular complexity index is 633. The van der Waals surface area contributed by atoms with E-state index in [0.29, 0.717) is 5.92 Å². The van der Waals surface area contributed by atoms with Gasteiger partial charge in [-0.2, -0.15) is 11.8 Å². The summed E-state index contributed by atoms with van der Waals surface area (Å²) in [6.45, 7) is 6.97. The lowest BCUT2D eigenvalue weighted by atomic mass is 9.95. The molecule has 1 aromatic carbocycles. The first-order valence-electron chi connectivity index (χ1n) is 10.2. The number of nitrogens with one attached hydrogen (secondary N) is 1. The Morgan fingerprint density at radius 3 is 2.71 bits per heavy atom. The van der Waals surface area contributed by atoms with E-state index in [0.717, 1.165) is 51.9 Å². The molecule has 3 heterocycles. The van der Waals surface area contributed by atoms with Crippen molar-refractivity contribution in [1.82, 2.24) is 15.1 Å². The number of ether oxygens (including phenoxy) is 1. The van der Waals surface area contributed by atoms with Crippen molar-refractivity contribution in [3.05, 3.63) is 35.9 Å². The summed E-state index contributed by atoms with van der Waals surface area (Å²) >= 11 is 2.09. The first kappa shape index (κ1) is 22.2. The van der Waals surface area contributed by atoms with Crippen LogP contribution in [0.1, 0.15) is 24.3 Å². The summed E-state index contributed by atoms with van der Waals surface area (Å²) in [6.07, 6.45) is 2.46. The Kier molecular flexibility index (Phi) is 8.32. The molecule has 3 aliphatic rings. The average molecular weight is 516 g/mol. The first-order chi connectivity index (χ1) is 13.3. The maximum Gasteiger partial charge on any atom is 0.193 e. The van der Waals surface area contributed by atoms with Crippen LogP contribution in [0.5, 0.6) is 0 Å². The van der Waals surface area contributed by atoms with E-state index >= 15 is 0 Å². The number of aliphatic imine (C=N–C) groups is 1. The third kappa shape index (κ3) is 4.96. The van der Waals surface area contributed by atoms with Gasteiger partial charge in [-0.05, 0) is 24.2 Å². The molecule has 0 saturated carbocycles. The predicted molar refractivity (Wildman–Crippen MR) is 129 cm³/mol. The van der Waals surface area contributed by atoms with Crippen LogP contribution in [0.25, 0.3) is 0 Å². The van der Waals surface area contributed by atoms with Crippen LogP contribution in [-0.2, 0) is 4.74 Å². The van der Waals surface area contributed by atoms with Gasteiger partial charge in [0, 0.05) is 57.0 Å². The summed E-state index contributed by atoms with van der Waals surface area (Å²) in [6, 6.07) is 10.9. The lowest BCUT2D eigenvalue weighted by Crippen LogP contribution is -2.60. The molecule has 4 rings (SSSR count). The summed E-state index contributed by atoms with van der Waals surface area (Å²) in [5, 5.41) is 3.74. The molecular weight excluding hydrogens is 483 g/mol. The molecule has 2 unspecified atom stereocenters. The predicted octanol–water partition coefficient (Wildman–Crippen LogP) is 2.88. The molecule has 0 radical (unpaired) electrons. The van der Waals surface area contributed by atoms with Gasteiger partial charge in [0.05, 0.1) is 13.2 Å². The van der Waals surface area contributed by atoms with E-state index < -0.39 is 0 Å². The Morgan fingerprint density at radius 1 is 1.25 bits per heavy atom. The molecular formula is C21H33IN4OS. The fourth-order valence-electron chi connectivity index (χ4n) is 4.66. The van der Waals surface area contributed by atoms with Crippen LogP contribution in [0, 0.1) is 0 Å². The van der Waals surface area contributed by atoms with Gasteiger partial charge in [-0.3, -0.25) is 9.89 Å². The second-order valence-electron chi connectivity index (χ2n) is 7.87. The van der Waals surface area contributed by atoms with Gasteiger partial charge < -0.3 is 15.0 Å². The Hall–Kier alpha value is -0.510. The van der Waals surface area contributed by atoms with Crippen molar-refractivity contribution in [3.63, 3.8) is 0 Å². The Balaban J connectivity index is 0.00000225. The number of rotatable bonds is 4. The van der Waals surface area contributed by atoms with Gasteiger partial charge in [0.25, 0.3) is 0 Å². The van der Waals surface area contributed by atoms with E-state index in [-0.39, 0.29) is 29.5 Å². The minimum absolute atomic E-state index is 0. The number of benzene rings is 1. The molecule has 0 aromatic heterocycles. The van der Waals surface area contributed by atoms with Crippen LogP contribution in [0.4, 0.5) is 0 Å². The van der Waals surface area contributed by atoms with Gasteiger partial charge in [-0.25, -0.2) is 0 Å². The van der Waals surface area contributed by atoms with Gasteiger partial charge in [0.2, 0.25) is 0 Å². The maximum absolute atomic E-state index is 5.59. The van der Waals surface area contributed by atoms with Crippen LogP contribution < -0.4 is 5.32 Å². The molecule has 2 atom stereocenters. The number of hydrogen-bond acceptors (Lipinski definition) is 4. The monoisotopic (exact) mass is 516 g/mol. The van der Waals surface area contributed by atoms with Crippen molar-refractivity contribution in [1.29, 1.82) is 0 Å². The second kappa shape index (κ2) is 10.5. The van der Waals surface area contributed by atoms with Gasteiger partial charge in [-0.1, -0.05) is 30.3 Å². The van der Waals surface area contributed by atoms with Gasteiger partial charge in [-0.15, -0.1) is 24.0 Å². The fraction of sp³-hybridized carbons (Fsp3) is 0.667. The zero-order chi connectivity index (χ0) is 18.5. The van der Waals surface area contributed by atoms with Crippen molar-refractivity contribution in [3.8, 4) is 0 Å². The minimum atomic E-state index is 0. The lowest BCUT2D eigenvalue weighted by molar-refractivity contribution is -0.0121. The molecule has 156 valence electrons. The van der Waals surface area contributed by atoms with E-state index in [1.165, 1.54) is 29.9 Å². The standard InChI is InChI=1S/C21H32N4OS.HI/c1-22-20(24-9-7-19(15-24)18-5-3-2-4-6-18)23-16-21(8-14-27-17-21)25-10-12-26-13-11-25;/h2-6,19H,7-17H2,1H3,(H,22,23);1H. The highest BCUT2D eigenvalue weighted by Gasteiger charge is 2.41. The highest BCUT2D eigenvalue weighted by Crippen LogP contribution is 2.34. The van der Waals surface area contributed by atoms with Crippen LogP contribution in [-0.4, -0.2) is 85.8 Å². The molecule has 0 aliphatic carbocycles. The normalized spacial score (nSPS) is 29.0. The van der Waals surface area contributed by atoms with E-state index in [2.05, 4.69) is 62.2 Å². The van der Waals surface area contributed by atoms with E-state index in [9.17, 15) is 0 Å². The van der Waals surface area contributed by atoms with Crippen molar-refractivity contribution in [2.75, 3.05) is 64.5 Å². The number of hydrogen-bond donors (Lipinski definition) is 1. The van der Waals surface area contributed by atoms with Crippen molar-refractivity contribution >= 4 is 41.7 Å². The number of halogens is 1. The number of likely N-dealkylation sites (tertiary alicyclic amines) is 1. The summed E-state index contributed by atoms with van der Waals surface area (Å²) < 4.78 is 5.59. The van der Waals surface area contributed by atoms with Crippen molar-refractivity contribution < 1.29 is 4.74 Å². The van der Waals surface area contributed by atoms with Crippen molar-refractivity contribution in [2.24, 2.45) is 4.99 Å². The summed E-state index contributed by atoms with van der Waals surface area (Å²) in [4.78, 5) is 9.71. The Labute approximate surface area is 190 Å². The molecule has 3 aliphatic heterocycles. The second-order valence-corrected chi connectivity index (χ2v) is 8.97. The zero-order valence-corrected chi connectivity index (χ0v) is 20.0. The molecule has 28 heavy (non-hydrogen) atoms. The average Bonchev–Trinajstić information content (AvgIpc) is 3.41. The lowest BCUT2D eigenvalue weighted by Gasteiger charge is -2.43. The molecule has 3 fully saturated rings. The minimum Gasteiger partial charge on any atom is -0.379 e. The summed E-state index contributed by atoms with van der Waals surface area (Å²) in [7, 11) is 1.92. The number of morpholine rings is 1.